The third-order valence-electron chi connectivity index (χ3n) is 0.389. The van der Waals surface area contributed by atoms with E-state index in [0.29, 0.717) is 4.43 Å². The highest BCUT2D eigenvalue weighted by Gasteiger charge is 1.93. The first kappa shape index (κ1) is 19.2. The fraction of sp³-hybridized carbons (Fsp3) is 0.714. The Morgan fingerprint density at radius 2 is 1.43 bits per heavy atom. The van der Waals surface area contributed by atoms with Crippen molar-refractivity contribution in [3.8, 4) is 0 Å². The molecule has 86 valence electrons. The average Bonchev–Trinajstić information content (AvgIpc) is 2.01. The monoisotopic (exact) mass is 322 g/mol. The summed E-state index contributed by atoms with van der Waals surface area (Å²) in [4.78, 5) is 18.0. The Labute approximate surface area is 95.7 Å². The van der Waals surface area contributed by atoms with E-state index in [1.807, 2.05) is 22.6 Å². The number of aliphatic carboxylic acids is 2. The van der Waals surface area contributed by atoms with E-state index in [1.165, 1.54) is 0 Å². The summed E-state index contributed by atoms with van der Waals surface area (Å²) in [6.07, 6.45) is -0.523. The molecule has 0 aliphatic rings. The van der Waals surface area contributed by atoms with Crippen LogP contribution in [0, 0.1) is 0 Å². The maximum atomic E-state index is 9.00. The SMILES string of the molecule is CC(=O)O.CC(=O)O.OCC(O)CI. The molecule has 6 nitrogen and oxygen atoms in total. The van der Waals surface area contributed by atoms with Crippen LogP contribution in [0.5, 0.6) is 0 Å². The minimum absolute atomic E-state index is 0.122. The molecular formula is C7H15IO6. The zero-order valence-corrected chi connectivity index (χ0v) is 10.1. The van der Waals surface area contributed by atoms with Gasteiger partial charge in [-0.1, -0.05) is 22.6 Å². The molecule has 0 bridgehead atoms. The van der Waals surface area contributed by atoms with Crippen molar-refractivity contribution in [2.75, 3.05) is 11.0 Å². The number of hydrogen-bond acceptors (Lipinski definition) is 4. The van der Waals surface area contributed by atoms with Gasteiger partial charge in [-0.05, 0) is 0 Å². The van der Waals surface area contributed by atoms with Gasteiger partial charge < -0.3 is 20.4 Å². The van der Waals surface area contributed by atoms with Crippen LogP contribution in [0.25, 0.3) is 0 Å². The lowest BCUT2D eigenvalue weighted by Gasteiger charge is -1.96. The molecule has 0 radical (unpaired) electrons. The zero-order chi connectivity index (χ0) is 12.1. The molecule has 4 N–H and O–H groups in total. The van der Waals surface area contributed by atoms with E-state index in [-0.39, 0.29) is 6.61 Å². The number of alkyl halides is 1. The Morgan fingerprint density at radius 3 is 1.43 bits per heavy atom. The second-order valence-corrected chi connectivity index (χ2v) is 2.91. The van der Waals surface area contributed by atoms with E-state index in [0.717, 1.165) is 13.8 Å². The summed E-state index contributed by atoms with van der Waals surface area (Å²) in [6, 6.07) is 0. The molecule has 0 aliphatic carbocycles. The van der Waals surface area contributed by atoms with Gasteiger partial charge in [0.05, 0.1) is 12.7 Å². The Bertz CT molecular complexity index is 125. The molecule has 0 spiro atoms. The van der Waals surface area contributed by atoms with Crippen LogP contribution in [-0.4, -0.2) is 49.5 Å². The van der Waals surface area contributed by atoms with Gasteiger partial charge in [0.1, 0.15) is 0 Å². The van der Waals surface area contributed by atoms with Crippen molar-refractivity contribution >= 4 is 34.5 Å². The molecule has 0 fully saturated rings. The van der Waals surface area contributed by atoms with Crippen molar-refractivity contribution in [2.45, 2.75) is 20.0 Å². The highest BCUT2D eigenvalue weighted by molar-refractivity contribution is 14.1. The van der Waals surface area contributed by atoms with Gasteiger partial charge in [-0.25, -0.2) is 0 Å². The highest BCUT2D eigenvalue weighted by Crippen LogP contribution is 1.86. The molecule has 7 heteroatoms. The van der Waals surface area contributed by atoms with E-state index in [1.54, 1.807) is 0 Å². The molecule has 0 aromatic rings. The number of rotatable bonds is 2. The van der Waals surface area contributed by atoms with Gasteiger partial charge in [-0.2, -0.15) is 0 Å². The molecule has 0 saturated heterocycles. The van der Waals surface area contributed by atoms with E-state index in [4.69, 9.17) is 30.0 Å². The van der Waals surface area contributed by atoms with Crippen molar-refractivity contribution < 1.29 is 30.0 Å². The molecular weight excluding hydrogens is 307 g/mol. The van der Waals surface area contributed by atoms with E-state index in [2.05, 4.69) is 0 Å². The fourth-order valence-corrected chi connectivity index (χ4v) is 0.327. The first-order chi connectivity index (χ1) is 6.27. The van der Waals surface area contributed by atoms with Gasteiger partial charge in [0, 0.05) is 18.3 Å². The van der Waals surface area contributed by atoms with Gasteiger partial charge in [0.2, 0.25) is 0 Å². The lowest BCUT2D eigenvalue weighted by molar-refractivity contribution is -0.135. The number of halogens is 1. The molecule has 0 heterocycles. The number of carboxylic acids is 2. The summed E-state index contributed by atoms with van der Waals surface area (Å²) in [5, 5.41) is 31.3. The minimum atomic E-state index is -0.833. The van der Waals surface area contributed by atoms with Crippen LogP contribution in [0.2, 0.25) is 0 Å². The van der Waals surface area contributed by atoms with Gasteiger partial charge in [0.25, 0.3) is 11.9 Å². The third-order valence-corrected chi connectivity index (χ3v) is 1.41. The maximum Gasteiger partial charge on any atom is 0.300 e. The Hall–Kier alpha value is -0.410. The first-order valence-electron chi connectivity index (χ1n) is 3.51. The van der Waals surface area contributed by atoms with E-state index < -0.39 is 18.0 Å². The average molecular weight is 322 g/mol. The molecule has 0 aromatic carbocycles. The fourth-order valence-electron chi connectivity index (χ4n) is 0.0488. The van der Waals surface area contributed by atoms with Gasteiger partial charge in [-0.15, -0.1) is 0 Å². The van der Waals surface area contributed by atoms with Crippen LogP contribution >= 0.6 is 22.6 Å². The summed E-state index contributed by atoms with van der Waals surface area (Å²) >= 11 is 2.00. The molecule has 0 amide bonds. The standard InChI is InChI=1S/C3H7IO2.2C2H4O2/c4-1-3(6)2-5;2*1-2(3)4/h3,5-6H,1-2H2;2*1H3,(H,3,4). The number of carbonyl (C=O) groups is 2. The van der Waals surface area contributed by atoms with Crippen LogP contribution in [0.15, 0.2) is 0 Å². The summed E-state index contributed by atoms with van der Waals surface area (Å²) in [7, 11) is 0. The lowest BCUT2D eigenvalue weighted by Crippen LogP contribution is -2.12. The Morgan fingerprint density at radius 1 is 1.21 bits per heavy atom. The smallest absolute Gasteiger partial charge is 0.300 e. The van der Waals surface area contributed by atoms with Crippen molar-refractivity contribution in [1.29, 1.82) is 0 Å². The van der Waals surface area contributed by atoms with Crippen molar-refractivity contribution in [3.05, 3.63) is 0 Å². The number of carboxylic acid groups (broad SMARTS) is 2. The second kappa shape index (κ2) is 15.1. The topological polar surface area (TPSA) is 115 Å². The summed E-state index contributed by atoms with van der Waals surface area (Å²) < 4.78 is 0.605. The van der Waals surface area contributed by atoms with Crippen LogP contribution in [-0.2, 0) is 9.59 Å². The minimum Gasteiger partial charge on any atom is -0.481 e. The molecule has 1 atom stereocenters. The number of hydrogen-bond donors (Lipinski definition) is 4. The first-order valence-corrected chi connectivity index (χ1v) is 5.04. The van der Waals surface area contributed by atoms with Crippen molar-refractivity contribution in [3.63, 3.8) is 0 Å². The predicted molar refractivity (Wildman–Crippen MR) is 58.6 cm³/mol. The van der Waals surface area contributed by atoms with Crippen molar-refractivity contribution in [2.24, 2.45) is 0 Å². The zero-order valence-electron chi connectivity index (χ0n) is 7.97. The quantitative estimate of drug-likeness (QED) is 0.419. The largest absolute Gasteiger partial charge is 0.481 e. The molecule has 0 saturated carbocycles. The maximum absolute atomic E-state index is 9.00. The van der Waals surface area contributed by atoms with Gasteiger partial charge in [-0.3, -0.25) is 9.59 Å². The molecule has 0 aliphatic heterocycles. The summed E-state index contributed by atoms with van der Waals surface area (Å²) in [5.74, 6) is -1.67. The van der Waals surface area contributed by atoms with E-state index in [9.17, 15) is 0 Å². The third kappa shape index (κ3) is 101. The molecule has 0 rings (SSSR count). The predicted octanol–water partition coefficient (Wildman–Crippen LogP) is -0.0436. The van der Waals surface area contributed by atoms with Gasteiger partial charge in [0.15, 0.2) is 0 Å². The summed E-state index contributed by atoms with van der Waals surface area (Å²) in [5.41, 5.74) is 0. The molecule has 1 unspecified atom stereocenters. The second-order valence-electron chi connectivity index (χ2n) is 2.03. The highest BCUT2D eigenvalue weighted by atomic mass is 127. The van der Waals surface area contributed by atoms with Crippen LogP contribution in [0.3, 0.4) is 0 Å². The van der Waals surface area contributed by atoms with Crippen LogP contribution in [0.4, 0.5) is 0 Å². The summed E-state index contributed by atoms with van der Waals surface area (Å²) in [6.45, 7) is 2.04. The Balaban J connectivity index is -0.000000135. The van der Waals surface area contributed by atoms with Crippen LogP contribution < -0.4 is 0 Å². The van der Waals surface area contributed by atoms with E-state index >= 15 is 0 Å². The molecule has 0 aromatic heterocycles. The van der Waals surface area contributed by atoms with Gasteiger partial charge >= 0.3 is 0 Å². The number of aliphatic hydroxyl groups is 2. The number of aliphatic hydroxyl groups excluding tert-OH is 2. The van der Waals surface area contributed by atoms with Crippen LogP contribution in [0.1, 0.15) is 13.8 Å². The Kier molecular flexibility index (Phi) is 20.7. The normalized spacial score (nSPS) is 9.79. The molecule has 14 heavy (non-hydrogen) atoms. The lowest BCUT2D eigenvalue weighted by atomic mass is 10.5. The van der Waals surface area contributed by atoms with Crippen molar-refractivity contribution in [1.82, 2.24) is 0 Å².